The van der Waals surface area contributed by atoms with E-state index in [-0.39, 0.29) is 5.82 Å². The summed E-state index contributed by atoms with van der Waals surface area (Å²) in [5.74, 6) is -0.247. The fraction of sp³-hybridized carbons (Fsp3) is 0.111. The summed E-state index contributed by atoms with van der Waals surface area (Å²) in [6.45, 7) is 1.95. The quantitative estimate of drug-likeness (QED) is 0.738. The van der Waals surface area contributed by atoms with Crippen molar-refractivity contribution in [2.75, 3.05) is 0 Å². The van der Waals surface area contributed by atoms with E-state index in [1.807, 2.05) is 25.1 Å². The van der Waals surface area contributed by atoms with Crippen molar-refractivity contribution in [1.82, 2.24) is 0 Å². The second-order valence-electron chi connectivity index (χ2n) is 5.27. The maximum atomic E-state index is 13.0. The van der Waals surface area contributed by atoms with Crippen LogP contribution >= 0.6 is 0 Å². The molecule has 0 amide bonds. The average Bonchev–Trinajstić information content (AvgIpc) is 2.47. The second kappa shape index (κ2) is 4.73. The van der Waals surface area contributed by atoms with E-state index in [1.165, 1.54) is 17.5 Å². The van der Waals surface area contributed by atoms with Crippen LogP contribution in [0.3, 0.4) is 0 Å². The van der Waals surface area contributed by atoms with Crippen LogP contribution in [0.1, 0.15) is 18.1 Å². The Hall–Kier alpha value is -2.19. The fourth-order valence-electron chi connectivity index (χ4n) is 2.48. The molecule has 0 saturated carbocycles. The standard InChI is InChI=1S/C18H16FN/c1-18(20,15-8-10-17(19)11-9-15)16-7-6-13-4-2-3-5-14(13)12-16/h2-12H,20H2,1H3. The Balaban J connectivity index is 2.10. The number of fused-ring (bicyclic) bond motifs is 1. The van der Waals surface area contributed by atoms with Gasteiger partial charge in [0.1, 0.15) is 5.82 Å². The van der Waals surface area contributed by atoms with Crippen molar-refractivity contribution in [2.45, 2.75) is 12.5 Å². The molecule has 0 bridgehead atoms. The van der Waals surface area contributed by atoms with E-state index >= 15 is 0 Å². The normalized spacial score (nSPS) is 14.2. The van der Waals surface area contributed by atoms with Gasteiger partial charge in [0.15, 0.2) is 0 Å². The van der Waals surface area contributed by atoms with Crippen molar-refractivity contribution in [3.63, 3.8) is 0 Å². The summed E-state index contributed by atoms with van der Waals surface area (Å²) in [7, 11) is 0. The topological polar surface area (TPSA) is 26.0 Å². The Morgan fingerprint density at radius 2 is 1.40 bits per heavy atom. The predicted molar refractivity (Wildman–Crippen MR) is 81.0 cm³/mol. The molecule has 2 N–H and O–H groups in total. The van der Waals surface area contributed by atoms with Crippen LogP contribution in [0, 0.1) is 5.82 Å². The number of halogens is 1. The molecule has 1 nitrogen and oxygen atoms in total. The number of hydrogen-bond donors (Lipinski definition) is 1. The van der Waals surface area contributed by atoms with E-state index in [0.29, 0.717) is 0 Å². The molecule has 0 aromatic heterocycles. The number of nitrogens with two attached hydrogens (primary N) is 1. The third-order valence-corrected chi connectivity index (χ3v) is 3.79. The lowest BCUT2D eigenvalue weighted by atomic mass is 9.85. The minimum atomic E-state index is -0.641. The summed E-state index contributed by atoms with van der Waals surface area (Å²) in [4.78, 5) is 0. The average molecular weight is 265 g/mol. The third-order valence-electron chi connectivity index (χ3n) is 3.79. The SMILES string of the molecule is CC(N)(c1ccc(F)cc1)c1ccc2ccccc2c1. The van der Waals surface area contributed by atoms with Crippen molar-refractivity contribution in [2.24, 2.45) is 5.73 Å². The molecule has 2 heteroatoms. The molecule has 0 fully saturated rings. The van der Waals surface area contributed by atoms with E-state index < -0.39 is 5.54 Å². The van der Waals surface area contributed by atoms with Crippen LogP contribution in [0.25, 0.3) is 10.8 Å². The lowest BCUT2D eigenvalue weighted by Gasteiger charge is -2.26. The lowest BCUT2D eigenvalue weighted by Crippen LogP contribution is -2.34. The Bertz CT molecular complexity index is 745. The first-order chi connectivity index (χ1) is 9.57. The van der Waals surface area contributed by atoms with Gasteiger partial charge in [-0.1, -0.05) is 48.5 Å². The minimum Gasteiger partial charge on any atom is -0.318 e. The maximum absolute atomic E-state index is 13.0. The highest BCUT2D eigenvalue weighted by molar-refractivity contribution is 5.83. The van der Waals surface area contributed by atoms with Gasteiger partial charge in [0.2, 0.25) is 0 Å². The summed E-state index contributed by atoms with van der Waals surface area (Å²) in [6, 6.07) is 20.7. The van der Waals surface area contributed by atoms with Crippen LogP contribution in [0.2, 0.25) is 0 Å². The van der Waals surface area contributed by atoms with E-state index in [4.69, 9.17) is 5.73 Å². The lowest BCUT2D eigenvalue weighted by molar-refractivity contribution is 0.594. The fourth-order valence-corrected chi connectivity index (χ4v) is 2.48. The second-order valence-corrected chi connectivity index (χ2v) is 5.27. The van der Waals surface area contributed by atoms with Gasteiger partial charge in [0.25, 0.3) is 0 Å². The molecule has 0 aliphatic heterocycles. The third kappa shape index (κ3) is 2.19. The molecule has 0 radical (unpaired) electrons. The van der Waals surface area contributed by atoms with Crippen LogP contribution < -0.4 is 5.73 Å². The highest BCUT2D eigenvalue weighted by atomic mass is 19.1. The van der Waals surface area contributed by atoms with E-state index in [2.05, 4.69) is 24.3 Å². The Kier molecular flexibility index (Phi) is 3.03. The zero-order valence-corrected chi connectivity index (χ0v) is 11.3. The van der Waals surface area contributed by atoms with Gasteiger partial charge in [0, 0.05) is 0 Å². The predicted octanol–water partition coefficient (Wildman–Crippen LogP) is 4.20. The van der Waals surface area contributed by atoms with Crippen molar-refractivity contribution in [1.29, 1.82) is 0 Å². The number of rotatable bonds is 2. The first kappa shape index (κ1) is 12.8. The molecule has 3 aromatic rings. The van der Waals surface area contributed by atoms with Gasteiger partial charge in [-0.25, -0.2) is 4.39 Å². The van der Waals surface area contributed by atoms with Crippen molar-refractivity contribution < 1.29 is 4.39 Å². The maximum Gasteiger partial charge on any atom is 0.123 e. The van der Waals surface area contributed by atoms with Gasteiger partial charge in [-0.05, 0) is 47.0 Å². The van der Waals surface area contributed by atoms with Crippen LogP contribution in [-0.4, -0.2) is 0 Å². The Morgan fingerprint density at radius 3 is 2.10 bits per heavy atom. The molecule has 100 valence electrons. The summed E-state index contributed by atoms with van der Waals surface area (Å²) in [6.07, 6.45) is 0. The zero-order chi connectivity index (χ0) is 14.2. The molecule has 1 unspecified atom stereocenters. The monoisotopic (exact) mass is 265 g/mol. The highest BCUT2D eigenvalue weighted by Gasteiger charge is 2.23. The van der Waals surface area contributed by atoms with Gasteiger partial charge >= 0.3 is 0 Å². The first-order valence-electron chi connectivity index (χ1n) is 6.61. The number of hydrogen-bond acceptors (Lipinski definition) is 1. The van der Waals surface area contributed by atoms with Crippen LogP contribution in [0.5, 0.6) is 0 Å². The molecular weight excluding hydrogens is 249 g/mol. The van der Waals surface area contributed by atoms with E-state index in [1.54, 1.807) is 12.1 Å². The molecule has 3 rings (SSSR count). The van der Waals surface area contributed by atoms with Gasteiger partial charge in [-0.2, -0.15) is 0 Å². The molecule has 0 spiro atoms. The van der Waals surface area contributed by atoms with Crippen molar-refractivity contribution >= 4 is 10.8 Å². The molecular formula is C18H16FN. The summed E-state index contributed by atoms with van der Waals surface area (Å²) >= 11 is 0. The molecule has 1 atom stereocenters. The highest BCUT2D eigenvalue weighted by Crippen LogP contribution is 2.29. The molecule has 0 saturated heterocycles. The van der Waals surface area contributed by atoms with Crippen LogP contribution in [-0.2, 0) is 5.54 Å². The molecule has 20 heavy (non-hydrogen) atoms. The molecule has 0 heterocycles. The Labute approximate surface area is 117 Å². The zero-order valence-electron chi connectivity index (χ0n) is 11.3. The largest absolute Gasteiger partial charge is 0.318 e. The molecule has 3 aromatic carbocycles. The van der Waals surface area contributed by atoms with Gasteiger partial charge in [-0.3, -0.25) is 0 Å². The summed E-state index contributed by atoms with van der Waals surface area (Å²) in [5, 5.41) is 2.34. The first-order valence-corrected chi connectivity index (χ1v) is 6.61. The van der Waals surface area contributed by atoms with Crippen LogP contribution in [0.15, 0.2) is 66.7 Å². The van der Waals surface area contributed by atoms with Crippen molar-refractivity contribution in [3.05, 3.63) is 83.7 Å². The van der Waals surface area contributed by atoms with E-state index in [0.717, 1.165) is 16.5 Å². The molecule has 0 aliphatic rings. The van der Waals surface area contributed by atoms with Gasteiger partial charge in [-0.15, -0.1) is 0 Å². The van der Waals surface area contributed by atoms with Gasteiger partial charge < -0.3 is 5.73 Å². The summed E-state index contributed by atoms with van der Waals surface area (Å²) in [5.41, 5.74) is 7.75. The number of benzene rings is 3. The minimum absolute atomic E-state index is 0.247. The van der Waals surface area contributed by atoms with Gasteiger partial charge in [0.05, 0.1) is 5.54 Å². The Morgan fingerprint density at radius 1 is 0.800 bits per heavy atom. The van der Waals surface area contributed by atoms with Crippen LogP contribution in [0.4, 0.5) is 4.39 Å². The molecule has 0 aliphatic carbocycles. The van der Waals surface area contributed by atoms with E-state index in [9.17, 15) is 4.39 Å². The smallest absolute Gasteiger partial charge is 0.123 e. The summed E-state index contributed by atoms with van der Waals surface area (Å²) < 4.78 is 13.0. The van der Waals surface area contributed by atoms with Crippen molar-refractivity contribution in [3.8, 4) is 0 Å².